The zero-order valence-corrected chi connectivity index (χ0v) is 24.1. The van der Waals surface area contributed by atoms with E-state index in [4.69, 9.17) is 0 Å². The fourth-order valence-corrected chi connectivity index (χ4v) is 8.13. The predicted molar refractivity (Wildman–Crippen MR) is 145 cm³/mol. The van der Waals surface area contributed by atoms with Crippen molar-refractivity contribution in [3.63, 3.8) is 0 Å². The summed E-state index contributed by atoms with van der Waals surface area (Å²) in [7, 11) is -3.34. The van der Waals surface area contributed by atoms with Gasteiger partial charge in [-0.2, -0.15) is 13.2 Å². The quantitative estimate of drug-likeness (QED) is 0.383. The Labute approximate surface area is 232 Å². The Morgan fingerprint density at radius 1 is 1.15 bits per heavy atom. The molecule has 2 aliphatic rings. The predicted octanol–water partition coefficient (Wildman–Crippen LogP) is 5.89. The van der Waals surface area contributed by atoms with E-state index in [1.54, 1.807) is 19.1 Å². The molecule has 1 fully saturated rings. The molecule has 2 atom stereocenters. The number of carbonyl (C=O) groups excluding carboxylic acids is 1. The van der Waals surface area contributed by atoms with Crippen LogP contribution in [0.25, 0.3) is 0 Å². The van der Waals surface area contributed by atoms with Crippen LogP contribution in [0.5, 0.6) is 0 Å². The van der Waals surface area contributed by atoms with Gasteiger partial charge < -0.3 is 10.4 Å². The van der Waals surface area contributed by atoms with E-state index in [1.807, 2.05) is 6.07 Å². The summed E-state index contributed by atoms with van der Waals surface area (Å²) in [5.74, 6) is -0.982. The highest BCUT2D eigenvalue weighted by Crippen LogP contribution is 2.46. The second-order valence-corrected chi connectivity index (χ2v) is 14.4. The Bertz CT molecular complexity index is 1250. The Morgan fingerprint density at radius 3 is 2.33 bits per heavy atom. The molecule has 39 heavy (non-hydrogen) atoms. The highest BCUT2D eigenvalue weighted by molar-refractivity contribution is 7.91. The highest BCUT2D eigenvalue weighted by Gasteiger charge is 2.43. The number of carbonyl (C=O) groups is 1. The molecule has 6 nitrogen and oxygen atoms in total. The van der Waals surface area contributed by atoms with Crippen LogP contribution >= 0.6 is 11.3 Å². The van der Waals surface area contributed by atoms with Gasteiger partial charge in [0.15, 0.2) is 9.84 Å². The summed E-state index contributed by atoms with van der Waals surface area (Å²) < 4.78 is 63.4. The van der Waals surface area contributed by atoms with Gasteiger partial charge in [-0.3, -0.25) is 9.69 Å². The zero-order valence-electron chi connectivity index (χ0n) is 22.5. The molecule has 2 aromatic rings. The lowest BCUT2D eigenvalue weighted by molar-refractivity contribution is -0.184. The third-order valence-electron chi connectivity index (χ3n) is 8.04. The lowest BCUT2D eigenvalue weighted by Gasteiger charge is -2.35. The van der Waals surface area contributed by atoms with Crippen molar-refractivity contribution in [2.24, 2.45) is 17.8 Å². The summed E-state index contributed by atoms with van der Waals surface area (Å²) in [6.07, 6.45) is -2.54. The molecule has 0 bridgehead atoms. The van der Waals surface area contributed by atoms with E-state index in [0.29, 0.717) is 29.8 Å². The number of aliphatic hydroxyl groups excluding tert-OH is 1. The van der Waals surface area contributed by atoms with Crippen LogP contribution in [0.15, 0.2) is 35.2 Å². The van der Waals surface area contributed by atoms with Crippen molar-refractivity contribution in [2.45, 2.75) is 76.2 Å². The smallest absolute Gasteiger partial charge is 0.391 e. The molecule has 0 saturated heterocycles. The molecule has 1 amide bonds. The van der Waals surface area contributed by atoms with Gasteiger partial charge in [0.25, 0.3) is 5.91 Å². The first-order valence-corrected chi connectivity index (χ1v) is 16.0. The van der Waals surface area contributed by atoms with Gasteiger partial charge in [-0.1, -0.05) is 32.9 Å². The first-order chi connectivity index (χ1) is 18.3. The molecule has 0 radical (unpaired) electrons. The molecule has 216 valence electrons. The summed E-state index contributed by atoms with van der Waals surface area (Å²) >= 11 is 1.43. The molecule has 1 aromatic heterocycles. The number of thiophene rings is 1. The van der Waals surface area contributed by atoms with E-state index in [2.05, 4.69) is 24.1 Å². The third kappa shape index (κ3) is 6.69. The molecule has 11 heteroatoms. The molecule has 2 N–H and O–H groups in total. The normalized spacial score (nSPS) is 23.1. The number of amides is 1. The largest absolute Gasteiger partial charge is 0.394 e. The minimum Gasteiger partial charge on any atom is -0.394 e. The number of aliphatic hydroxyl groups is 1. The number of rotatable bonds is 9. The second kappa shape index (κ2) is 11.9. The summed E-state index contributed by atoms with van der Waals surface area (Å²) in [4.78, 5) is 17.4. The minimum atomic E-state index is -4.10. The summed E-state index contributed by atoms with van der Waals surface area (Å²) in [6.45, 7) is 6.90. The van der Waals surface area contributed by atoms with E-state index in [0.717, 1.165) is 17.0 Å². The minimum absolute atomic E-state index is 0.0104. The molecule has 4 rings (SSSR count). The van der Waals surface area contributed by atoms with Gasteiger partial charge in [-0.15, -0.1) is 11.3 Å². The lowest BCUT2D eigenvalue weighted by atomic mass is 9.81. The average molecular weight is 587 g/mol. The fraction of sp³-hybridized carbons (Fsp3) is 0.607. The van der Waals surface area contributed by atoms with Crippen LogP contribution in [-0.2, 0) is 16.4 Å². The van der Waals surface area contributed by atoms with Crippen molar-refractivity contribution in [1.29, 1.82) is 0 Å². The average Bonchev–Trinajstić information content (AvgIpc) is 3.44. The standard InChI is InChI=1S/C28H37F3N2O4S2/c1-4-39(36,37)22-11-7-19(8-12-22)23(16-34)32-27(35)24-13-20-15-33(25(17(2)3)26(20)38-24)14-18-5-9-21(10-6-18)28(29,30)31/h7-8,11-13,17-18,21,23,25,34H,4-6,9-10,14-16H2,1-3H3,(H,32,35)/t18?,21?,23-,25+/m0/s1. The van der Waals surface area contributed by atoms with E-state index < -0.39 is 28.0 Å². The van der Waals surface area contributed by atoms with Crippen LogP contribution < -0.4 is 5.32 Å². The molecule has 1 saturated carbocycles. The van der Waals surface area contributed by atoms with Crippen molar-refractivity contribution >= 4 is 27.1 Å². The second-order valence-electron chi connectivity index (χ2n) is 11.1. The molecule has 1 aromatic carbocycles. The number of halogens is 3. The molecule has 1 aliphatic carbocycles. The maximum absolute atomic E-state index is 13.1. The van der Waals surface area contributed by atoms with Crippen LogP contribution in [0.3, 0.4) is 0 Å². The first-order valence-electron chi connectivity index (χ1n) is 13.5. The van der Waals surface area contributed by atoms with Crippen LogP contribution in [0.4, 0.5) is 13.2 Å². The van der Waals surface area contributed by atoms with Crippen LogP contribution in [0, 0.1) is 17.8 Å². The topological polar surface area (TPSA) is 86.7 Å². The van der Waals surface area contributed by atoms with Crippen molar-refractivity contribution < 1.29 is 31.5 Å². The monoisotopic (exact) mass is 586 g/mol. The van der Waals surface area contributed by atoms with Gasteiger partial charge in [-0.05, 0) is 66.8 Å². The Hall–Kier alpha value is -1.95. The SMILES string of the molecule is CCS(=O)(=O)c1ccc([C@H](CO)NC(=O)c2cc3c(s2)[C@@H](C(C)C)N(CC2CCC(C(F)(F)F)CC2)C3)cc1. The van der Waals surface area contributed by atoms with Crippen molar-refractivity contribution in [3.8, 4) is 0 Å². The number of nitrogens with one attached hydrogen (secondary N) is 1. The molecule has 1 aliphatic heterocycles. The maximum Gasteiger partial charge on any atom is 0.391 e. The molecule has 0 spiro atoms. The Balaban J connectivity index is 1.41. The van der Waals surface area contributed by atoms with Crippen molar-refractivity contribution in [2.75, 3.05) is 18.9 Å². The molecular formula is C28H37F3N2O4S2. The van der Waals surface area contributed by atoms with Gasteiger partial charge in [0.2, 0.25) is 0 Å². The number of nitrogens with zero attached hydrogens (tertiary/aromatic N) is 1. The van der Waals surface area contributed by atoms with Crippen LogP contribution in [0.1, 0.15) is 84.2 Å². The number of fused-ring (bicyclic) bond motifs is 1. The van der Waals surface area contributed by atoms with Crippen LogP contribution in [-0.4, -0.2) is 49.4 Å². The van der Waals surface area contributed by atoms with Gasteiger partial charge >= 0.3 is 6.18 Å². The summed E-state index contributed by atoms with van der Waals surface area (Å²) in [5.41, 5.74) is 1.68. The summed E-state index contributed by atoms with van der Waals surface area (Å²) in [5, 5.41) is 12.8. The molecule has 0 unspecified atom stereocenters. The number of benzene rings is 1. The van der Waals surface area contributed by atoms with Crippen LogP contribution in [0.2, 0.25) is 0 Å². The Morgan fingerprint density at radius 2 is 1.79 bits per heavy atom. The highest BCUT2D eigenvalue weighted by atomic mass is 32.2. The lowest BCUT2D eigenvalue weighted by Crippen LogP contribution is -2.35. The van der Waals surface area contributed by atoms with Gasteiger partial charge in [0.1, 0.15) is 0 Å². The third-order valence-corrected chi connectivity index (χ3v) is 11.0. The number of hydrogen-bond acceptors (Lipinski definition) is 6. The van der Waals surface area contributed by atoms with Gasteiger partial charge in [0.05, 0.1) is 34.1 Å². The zero-order chi connectivity index (χ0) is 28.5. The fourth-order valence-electron chi connectivity index (χ4n) is 5.86. The van der Waals surface area contributed by atoms with E-state index in [9.17, 15) is 31.5 Å². The number of sulfone groups is 1. The van der Waals surface area contributed by atoms with Crippen molar-refractivity contribution in [1.82, 2.24) is 10.2 Å². The van der Waals surface area contributed by atoms with E-state index >= 15 is 0 Å². The van der Waals surface area contributed by atoms with Gasteiger partial charge in [0, 0.05) is 24.0 Å². The van der Waals surface area contributed by atoms with E-state index in [-0.39, 0.29) is 53.9 Å². The summed E-state index contributed by atoms with van der Waals surface area (Å²) in [6, 6.07) is 7.49. The molecule has 2 heterocycles. The van der Waals surface area contributed by atoms with Crippen molar-refractivity contribution in [3.05, 3.63) is 51.2 Å². The molecular weight excluding hydrogens is 549 g/mol. The maximum atomic E-state index is 13.1. The van der Waals surface area contributed by atoms with Gasteiger partial charge in [-0.25, -0.2) is 8.42 Å². The van der Waals surface area contributed by atoms with E-state index in [1.165, 1.54) is 23.5 Å². The first kappa shape index (κ1) is 30.0. The number of hydrogen-bond donors (Lipinski definition) is 2. The Kier molecular flexibility index (Phi) is 9.15. The number of alkyl halides is 3.